The van der Waals surface area contributed by atoms with Crippen LogP contribution in [0.4, 0.5) is 0 Å². The Labute approximate surface area is 112 Å². The molecule has 4 atom stereocenters. The Morgan fingerprint density at radius 3 is 2.44 bits per heavy atom. The van der Waals surface area contributed by atoms with Gasteiger partial charge in [0.15, 0.2) is 0 Å². The lowest BCUT2D eigenvalue weighted by atomic mass is 9.70. The van der Waals surface area contributed by atoms with Crippen LogP contribution < -0.4 is 0 Å². The fraction of sp³-hybridized carbons (Fsp3) is 1.00. The van der Waals surface area contributed by atoms with Crippen LogP contribution in [-0.2, 0) is 4.74 Å². The zero-order valence-electron chi connectivity index (χ0n) is 12.4. The third-order valence-corrected chi connectivity index (χ3v) is 4.46. The summed E-state index contributed by atoms with van der Waals surface area (Å²) in [6.45, 7) is 12.0. The number of hydrogen-bond donors (Lipinski definition) is 1. The molecule has 0 bridgehead atoms. The van der Waals surface area contributed by atoms with E-state index in [2.05, 4.69) is 32.6 Å². The molecule has 3 nitrogen and oxygen atoms in total. The Balaban J connectivity index is 1.91. The minimum absolute atomic E-state index is 0.105. The van der Waals surface area contributed by atoms with E-state index in [0.717, 1.165) is 38.9 Å². The molecule has 2 fully saturated rings. The van der Waals surface area contributed by atoms with Crippen molar-refractivity contribution in [3.8, 4) is 0 Å². The van der Waals surface area contributed by atoms with Gasteiger partial charge in [-0.2, -0.15) is 0 Å². The summed E-state index contributed by atoms with van der Waals surface area (Å²) in [5, 5.41) is 10.2. The first kappa shape index (κ1) is 14.3. The maximum absolute atomic E-state index is 10.2. The van der Waals surface area contributed by atoms with Crippen LogP contribution in [0.25, 0.3) is 0 Å². The summed E-state index contributed by atoms with van der Waals surface area (Å²) in [4.78, 5) is 2.48. The van der Waals surface area contributed by atoms with Crippen molar-refractivity contribution in [3.05, 3.63) is 0 Å². The maximum atomic E-state index is 10.2. The molecule has 0 amide bonds. The second kappa shape index (κ2) is 5.48. The Morgan fingerprint density at radius 1 is 1.22 bits per heavy atom. The van der Waals surface area contributed by atoms with E-state index in [1.807, 2.05) is 0 Å². The van der Waals surface area contributed by atoms with Crippen molar-refractivity contribution in [1.82, 2.24) is 4.90 Å². The highest BCUT2D eigenvalue weighted by Gasteiger charge is 2.35. The van der Waals surface area contributed by atoms with E-state index in [4.69, 9.17) is 4.74 Å². The van der Waals surface area contributed by atoms with Crippen molar-refractivity contribution in [2.45, 2.75) is 65.3 Å². The highest BCUT2D eigenvalue weighted by atomic mass is 16.5. The molecular formula is C15H29NO2. The second-order valence-corrected chi connectivity index (χ2v) is 7.21. The van der Waals surface area contributed by atoms with Crippen molar-refractivity contribution >= 4 is 0 Å². The van der Waals surface area contributed by atoms with Crippen LogP contribution in [0.2, 0.25) is 0 Å². The van der Waals surface area contributed by atoms with Crippen molar-refractivity contribution in [2.75, 3.05) is 19.6 Å². The molecule has 0 spiro atoms. The third-order valence-electron chi connectivity index (χ3n) is 4.46. The molecule has 1 aliphatic heterocycles. The molecular weight excluding hydrogens is 226 g/mol. The fourth-order valence-corrected chi connectivity index (χ4v) is 3.67. The van der Waals surface area contributed by atoms with Crippen LogP contribution in [-0.4, -0.2) is 48.0 Å². The van der Waals surface area contributed by atoms with E-state index in [9.17, 15) is 5.11 Å². The molecule has 0 aromatic carbocycles. The van der Waals surface area contributed by atoms with E-state index >= 15 is 0 Å². The molecule has 0 aromatic heterocycles. The SMILES string of the molecule is CC1CN(CC2CC(C)(C)CCC2O)CC(C)O1. The second-order valence-electron chi connectivity index (χ2n) is 7.21. The van der Waals surface area contributed by atoms with Gasteiger partial charge in [-0.3, -0.25) is 4.90 Å². The number of morpholine rings is 1. The van der Waals surface area contributed by atoms with Crippen LogP contribution in [0.15, 0.2) is 0 Å². The molecule has 2 aliphatic rings. The third kappa shape index (κ3) is 3.69. The normalized spacial score (nSPS) is 41.8. The molecule has 4 unspecified atom stereocenters. The summed E-state index contributed by atoms with van der Waals surface area (Å²) >= 11 is 0. The van der Waals surface area contributed by atoms with Gasteiger partial charge in [-0.15, -0.1) is 0 Å². The van der Waals surface area contributed by atoms with Gasteiger partial charge in [0.05, 0.1) is 18.3 Å². The summed E-state index contributed by atoms with van der Waals surface area (Å²) in [5.74, 6) is 0.436. The molecule has 1 saturated heterocycles. The monoisotopic (exact) mass is 255 g/mol. The van der Waals surface area contributed by atoms with Crippen LogP contribution in [0.1, 0.15) is 47.0 Å². The summed E-state index contributed by atoms with van der Waals surface area (Å²) < 4.78 is 5.77. The number of nitrogens with zero attached hydrogens (tertiary/aromatic N) is 1. The van der Waals surface area contributed by atoms with Crippen molar-refractivity contribution in [1.29, 1.82) is 0 Å². The van der Waals surface area contributed by atoms with Crippen LogP contribution in [0.3, 0.4) is 0 Å². The van der Waals surface area contributed by atoms with Crippen molar-refractivity contribution in [3.63, 3.8) is 0 Å². The Hall–Kier alpha value is -0.120. The molecule has 106 valence electrons. The topological polar surface area (TPSA) is 32.7 Å². The van der Waals surface area contributed by atoms with E-state index in [0.29, 0.717) is 23.5 Å². The van der Waals surface area contributed by atoms with E-state index in [1.165, 1.54) is 0 Å². The predicted octanol–water partition coefficient (Wildman–Crippen LogP) is 2.28. The summed E-state index contributed by atoms with van der Waals surface area (Å²) in [5.41, 5.74) is 0.396. The largest absolute Gasteiger partial charge is 0.393 e. The predicted molar refractivity (Wildman–Crippen MR) is 73.6 cm³/mol. The van der Waals surface area contributed by atoms with E-state index < -0.39 is 0 Å². The van der Waals surface area contributed by atoms with Gasteiger partial charge in [-0.25, -0.2) is 0 Å². The zero-order valence-corrected chi connectivity index (χ0v) is 12.4. The lowest BCUT2D eigenvalue weighted by molar-refractivity contribution is -0.0829. The molecule has 1 aliphatic carbocycles. The van der Waals surface area contributed by atoms with Gasteiger partial charge >= 0.3 is 0 Å². The smallest absolute Gasteiger partial charge is 0.0678 e. The summed E-state index contributed by atoms with van der Waals surface area (Å²) in [7, 11) is 0. The van der Waals surface area contributed by atoms with Gasteiger partial charge in [0, 0.05) is 19.6 Å². The van der Waals surface area contributed by atoms with Crippen molar-refractivity contribution in [2.24, 2.45) is 11.3 Å². The van der Waals surface area contributed by atoms with Gasteiger partial charge in [0.25, 0.3) is 0 Å². The van der Waals surface area contributed by atoms with E-state index in [1.54, 1.807) is 0 Å². The summed E-state index contributed by atoms with van der Waals surface area (Å²) in [6, 6.07) is 0. The molecule has 1 N–H and O–H groups in total. The first-order valence-corrected chi connectivity index (χ1v) is 7.41. The Bertz CT molecular complexity index is 270. The standard InChI is InChI=1S/C15H29NO2/c1-11-8-16(9-12(2)18-11)10-13-7-15(3,4)6-5-14(13)17/h11-14,17H,5-10H2,1-4H3. The van der Waals surface area contributed by atoms with Gasteiger partial charge in [0.1, 0.15) is 0 Å². The highest BCUT2D eigenvalue weighted by Crippen LogP contribution is 2.39. The fourth-order valence-electron chi connectivity index (χ4n) is 3.67. The number of hydrogen-bond acceptors (Lipinski definition) is 3. The highest BCUT2D eigenvalue weighted by molar-refractivity contribution is 4.87. The lowest BCUT2D eigenvalue weighted by Crippen LogP contribution is -2.49. The average molecular weight is 255 g/mol. The molecule has 1 saturated carbocycles. The number of aliphatic hydroxyl groups is 1. The van der Waals surface area contributed by atoms with Gasteiger partial charge < -0.3 is 9.84 Å². The molecule has 2 rings (SSSR count). The minimum atomic E-state index is -0.105. The average Bonchev–Trinajstić information content (AvgIpc) is 2.22. The van der Waals surface area contributed by atoms with E-state index in [-0.39, 0.29) is 6.10 Å². The molecule has 0 aromatic rings. The Morgan fingerprint density at radius 2 is 1.83 bits per heavy atom. The number of ether oxygens (including phenoxy) is 1. The first-order chi connectivity index (χ1) is 8.35. The zero-order chi connectivity index (χ0) is 13.3. The first-order valence-electron chi connectivity index (χ1n) is 7.41. The molecule has 18 heavy (non-hydrogen) atoms. The summed E-state index contributed by atoms with van der Waals surface area (Å²) in [6.07, 6.45) is 3.80. The van der Waals surface area contributed by atoms with Crippen molar-refractivity contribution < 1.29 is 9.84 Å². The van der Waals surface area contributed by atoms with Crippen LogP contribution in [0, 0.1) is 11.3 Å². The quantitative estimate of drug-likeness (QED) is 0.821. The molecule has 3 heteroatoms. The minimum Gasteiger partial charge on any atom is -0.393 e. The maximum Gasteiger partial charge on any atom is 0.0678 e. The van der Waals surface area contributed by atoms with Gasteiger partial charge in [-0.1, -0.05) is 13.8 Å². The van der Waals surface area contributed by atoms with Gasteiger partial charge in [0.2, 0.25) is 0 Å². The van der Waals surface area contributed by atoms with Crippen LogP contribution in [0.5, 0.6) is 0 Å². The van der Waals surface area contributed by atoms with Gasteiger partial charge in [-0.05, 0) is 44.4 Å². The molecule has 1 heterocycles. The lowest BCUT2D eigenvalue weighted by Gasteiger charge is -2.43. The number of aliphatic hydroxyl groups excluding tert-OH is 1. The van der Waals surface area contributed by atoms with Crippen LogP contribution >= 0.6 is 0 Å². The molecule has 0 radical (unpaired) electrons. The number of rotatable bonds is 2. The Kier molecular flexibility index (Phi) is 4.35.